The van der Waals surface area contributed by atoms with Gasteiger partial charge in [0, 0.05) is 38.3 Å². The maximum atomic E-state index is 12.7. The fourth-order valence-electron chi connectivity index (χ4n) is 4.60. The van der Waals surface area contributed by atoms with Crippen LogP contribution in [0.2, 0.25) is 0 Å². The van der Waals surface area contributed by atoms with Gasteiger partial charge in [-0.1, -0.05) is 71.0 Å². The third kappa shape index (κ3) is 6.73. The van der Waals surface area contributed by atoms with Gasteiger partial charge in [0.25, 0.3) is 5.91 Å². The van der Waals surface area contributed by atoms with E-state index < -0.39 is 0 Å². The highest BCUT2D eigenvalue weighted by molar-refractivity contribution is 6.04. The second-order valence-corrected chi connectivity index (χ2v) is 11.2. The van der Waals surface area contributed by atoms with Crippen molar-refractivity contribution in [3.05, 3.63) is 89.1 Å². The van der Waals surface area contributed by atoms with Gasteiger partial charge in [-0.2, -0.15) is 0 Å². The van der Waals surface area contributed by atoms with Crippen LogP contribution >= 0.6 is 0 Å². The Balaban J connectivity index is 1.31. The lowest BCUT2D eigenvalue weighted by molar-refractivity contribution is 0.102. The molecule has 5 nitrogen and oxygen atoms in total. The first kappa shape index (κ1) is 25.9. The van der Waals surface area contributed by atoms with Crippen LogP contribution in [-0.2, 0) is 12.0 Å². The van der Waals surface area contributed by atoms with Gasteiger partial charge in [-0.3, -0.25) is 9.69 Å². The SMILES string of the molecule is CC(C)c1ccc(CN2CCCN(c3ccc(NC(=O)c4ccc(C(C)(C)C)cc4)cn3)CC2)cc1. The lowest BCUT2D eigenvalue weighted by Crippen LogP contribution is -2.31. The number of rotatable bonds is 6. The normalized spacial score (nSPS) is 15.1. The molecule has 0 radical (unpaired) electrons. The molecule has 2 heterocycles. The van der Waals surface area contributed by atoms with Gasteiger partial charge in [0.15, 0.2) is 0 Å². The predicted molar refractivity (Wildman–Crippen MR) is 150 cm³/mol. The van der Waals surface area contributed by atoms with Gasteiger partial charge >= 0.3 is 0 Å². The standard InChI is InChI=1S/C31H40N4O/c1-23(2)25-9-7-24(8-10-25)22-34-17-6-18-35(20-19-34)29-16-15-28(21-32-29)33-30(36)26-11-13-27(14-12-26)31(3,4)5/h7-16,21,23H,6,17-20,22H2,1-5H3,(H,33,36). The number of carbonyl (C=O) groups excluding carboxylic acids is 1. The van der Waals surface area contributed by atoms with Crippen molar-refractivity contribution in [1.29, 1.82) is 0 Å². The van der Waals surface area contributed by atoms with E-state index >= 15 is 0 Å². The molecule has 1 aliphatic heterocycles. The Kier molecular flexibility index (Phi) is 8.10. The zero-order chi connectivity index (χ0) is 25.7. The minimum Gasteiger partial charge on any atom is -0.355 e. The molecule has 2 aromatic carbocycles. The van der Waals surface area contributed by atoms with E-state index in [1.54, 1.807) is 6.20 Å². The van der Waals surface area contributed by atoms with Crippen molar-refractivity contribution < 1.29 is 4.79 Å². The number of anilines is 2. The van der Waals surface area contributed by atoms with Crippen LogP contribution in [-0.4, -0.2) is 42.0 Å². The van der Waals surface area contributed by atoms with Gasteiger partial charge in [0.2, 0.25) is 0 Å². The molecule has 0 spiro atoms. The van der Waals surface area contributed by atoms with Crippen molar-refractivity contribution in [2.45, 2.75) is 58.9 Å². The van der Waals surface area contributed by atoms with E-state index in [1.807, 2.05) is 36.4 Å². The molecule has 0 unspecified atom stereocenters. The summed E-state index contributed by atoms with van der Waals surface area (Å²) in [5, 5.41) is 2.98. The topological polar surface area (TPSA) is 48.5 Å². The number of benzene rings is 2. The predicted octanol–water partition coefficient (Wildman–Crippen LogP) is 6.47. The third-order valence-corrected chi connectivity index (χ3v) is 6.98. The number of amides is 1. The van der Waals surface area contributed by atoms with Crippen LogP contribution in [0.1, 0.15) is 74.0 Å². The van der Waals surface area contributed by atoms with Crippen molar-refractivity contribution in [1.82, 2.24) is 9.88 Å². The maximum absolute atomic E-state index is 12.7. The van der Waals surface area contributed by atoms with Gasteiger partial charge < -0.3 is 10.2 Å². The molecule has 1 aromatic heterocycles. The van der Waals surface area contributed by atoms with E-state index in [-0.39, 0.29) is 11.3 Å². The Bertz CT molecular complexity index is 1130. The van der Waals surface area contributed by atoms with Crippen LogP contribution in [0.3, 0.4) is 0 Å². The van der Waals surface area contributed by atoms with Crippen molar-refractivity contribution in [3.8, 4) is 0 Å². The van der Waals surface area contributed by atoms with Crippen LogP contribution in [0.5, 0.6) is 0 Å². The average Bonchev–Trinajstić information content (AvgIpc) is 3.10. The average molecular weight is 485 g/mol. The Morgan fingerprint density at radius 2 is 1.64 bits per heavy atom. The largest absolute Gasteiger partial charge is 0.355 e. The van der Waals surface area contributed by atoms with E-state index in [4.69, 9.17) is 0 Å². The first-order valence-corrected chi connectivity index (χ1v) is 13.1. The molecule has 0 atom stereocenters. The molecule has 1 N–H and O–H groups in total. The van der Waals surface area contributed by atoms with Gasteiger partial charge in [-0.25, -0.2) is 4.98 Å². The van der Waals surface area contributed by atoms with Crippen molar-refractivity contribution in [2.75, 3.05) is 36.4 Å². The van der Waals surface area contributed by atoms with E-state index in [2.05, 4.69) is 79.0 Å². The molecule has 0 bridgehead atoms. The monoisotopic (exact) mass is 484 g/mol. The molecule has 0 saturated carbocycles. The molecule has 0 aliphatic carbocycles. The van der Waals surface area contributed by atoms with E-state index in [1.165, 1.54) is 16.7 Å². The smallest absolute Gasteiger partial charge is 0.255 e. The number of pyridine rings is 1. The molecular formula is C31H40N4O. The summed E-state index contributed by atoms with van der Waals surface area (Å²) in [4.78, 5) is 22.2. The van der Waals surface area contributed by atoms with Gasteiger partial charge in [-0.05, 0) is 58.7 Å². The quantitative estimate of drug-likeness (QED) is 0.436. The first-order chi connectivity index (χ1) is 17.2. The molecule has 1 amide bonds. The van der Waals surface area contributed by atoms with Crippen LogP contribution in [0, 0.1) is 0 Å². The Hall–Kier alpha value is -3.18. The van der Waals surface area contributed by atoms with Crippen LogP contribution in [0.4, 0.5) is 11.5 Å². The number of hydrogen-bond donors (Lipinski definition) is 1. The summed E-state index contributed by atoms with van der Waals surface area (Å²) < 4.78 is 0. The zero-order valence-electron chi connectivity index (χ0n) is 22.4. The Morgan fingerprint density at radius 1 is 0.917 bits per heavy atom. The molecule has 1 aliphatic rings. The van der Waals surface area contributed by atoms with Crippen molar-refractivity contribution in [3.63, 3.8) is 0 Å². The van der Waals surface area contributed by atoms with E-state index in [0.717, 1.165) is 45.0 Å². The van der Waals surface area contributed by atoms with E-state index in [0.29, 0.717) is 17.2 Å². The van der Waals surface area contributed by atoms with E-state index in [9.17, 15) is 4.79 Å². The Morgan fingerprint density at radius 3 is 2.25 bits per heavy atom. The summed E-state index contributed by atoms with van der Waals surface area (Å²) >= 11 is 0. The van der Waals surface area contributed by atoms with Crippen LogP contribution in [0.15, 0.2) is 66.9 Å². The maximum Gasteiger partial charge on any atom is 0.255 e. The van der Waals surface area contributed by atoms with Crippen LogP contribution < -0.4 is 10.2 Å². The molecule has 3 aromatic rings. The number of nitrogens with one attached hydrogen (secondary N) is 1. The minimum absolute atomic E-state index is 0.0677. The fourth-order valence-corrected chi connectivity index (χ4v) is 4.60. The van der Waals surface area contributed by atoms with Crippen molar-refractivity contribution >= 4 is 17.4 Å². The summed E-state index contributed by atoms with van der Waals surface area (Å²) in [5.41, 5.74) is 5.41. The fraction of sp³-hybridized carbons (Fsp3) is 0.419. The second-order valence-electron chi connectivity index (χ2n) is 11.2. The second kappa shape index (κ2) is 11.3. The van der Waals surface area contributed by atoms with Gasteiger partial charge in [0.05, 0.1) is 11.9 Å². The number of aromatic nitrogens is 1. The van der Waals surface area contributed by atoms with Crippen molar-refractivity contribution in [2.24, 2.45) is 0 Å². The molecular weight excluding hydrogens is 444 g/mol. The third-order valence-electron chi connectivity index (χ3n) is 6.98. The number of carbonyl (C=O) groups is 1. The van der Waals surface area contributed by atoms with Gasteiger partial charge in [0.1, 0.15) is 5.82 Å². The molecule has 1 fully saturated rings. The molecule has 190 valence electrons. The number of hydrogen-bond acceptors (Lipinski definition) is 4. The summed E-state index contributed by atoms with van der Waals surface area (Å²) in [7, 11) is 0. The summed E-state index contributed by atoms with van der Waals surface area (Å²) in [6.07, 6.45) is 2.87. The lowest BCUT2D eigenvalue weighted by atomic mass is 9.87. The number of nitrogens with zero attached hydrogens (tertiary/aromatic N) is 3. The van der Waals surface area contributed by atoms with Gasteiger partial charge in [-0.15, -0.1) is 0 Å². The lowest BCUT2D eigenvalue weighted by Gasteiger charge is -2.23. The molecule has 36 heavy (non-hydrogen) atoms. The van der Waals surface area contributed by atoms with Crippen LogP contribution in [0.25, 0.3) is 0 Å². The zero-order valence-corrected chi connectivity index (χ0v) is 22.4. The summed E-state index contributed by atoms with van der Waals surface area (Å²) in [6, 6.07) is 20.8. The minimum atomic E-state index is -0.114. The highest BCUT2D eigenvalue weighted by Crippen LogP contribution is 2.23. The molecule has 4 rings (SSSR count). The highest BCUT2D eigenvalue weighted by Gasteiger charge is 2.17. The molecule has 1 saturated heterocycles. The Labute approximate surface area is 216 Å². The molecule has 5 heteroatoms. The highest BCUT2D eigenvalue weighted by atomic mass is 16.1. The summed E-state index contributed by atoms with van der Waals surface area (Å²) in [5.74, 6) is 1.42. The first-order valence-electron chi connectivity index (χ1n) is 13.1. The summed E-state index contributed by atoms with van der Waals surface area (Å²) in [6.45, 7) is 16.0.